The van der Waals surface area contributed by atoms with Crippen LogP contribution in [0.2, 0.25) is 0 Å². The zero-order chi connectivity index (χ0) is 22.4. The van der Waals surface area contributed by atoms with E-state index in [0.717, 1.165) is 63.7 Å². The van der Waals surface area contributed by atoms with Gasteiger partial charge in [0.1, 0.15) is 0 Å². The minimum absolute atomic E-state index is 0.555. The van der Waals surface area contributed by atoms with E-state index in [9.17, 15) is 13.2 Å². The molecule has 4 nitrogen and oxygen atoms in total. The molecule has 0 aliphatic carbocycles. The maximum atomic E-state index is 12.9. The highest BCUT2D eigenvalue weighted by Crippen LogP contribution is 2.29. The lowest BCUT2D eigenvalue weighted by Crippen LogP contribution is -2.40. The Morgan fingerprint density at radius 2 is 2.03 bits per heavy atom. The van der Waals surface area contributed by atoms with Crippen LogP contribution in [0.5, 0.6) is 0 Å². The van der Waals surface area contributed by atoms with Gasteiger partial charge in [-0.25, -0.2) is 0 Å². The molecule has 3 rings (SSSR count). The number of benzene rings is 1. The van der Waals surface area contributed by atoms with Gasteiger partial charge in [0.25, 0.3) is 0 Å². The number of hydrogen-bond donors (Lipinski definition) is 0. The summed E-state index contributed by atoms with van der Waals surface area (Å²) >= 11 is 0. The van der Waals surface area contributed by atoms with Crippen molar-refractivity contribution in [2.45, 2.75) is 58.8 Å². The van der Waals surface area contributed by atoms with Crippen molar-refractivity contribution >= 4 is 0 Å². The van der Waals surface area contributed by atoms with Gasteiger partial charge in [0.2, 0.25) is 0 Å². The number of piperidine rings is 1. The average molecular weight is 437 g/mol. The molecule has 0 spiro atoms. The van der Waals surface area contributed by atoms with Crippen LogP contribution >= 0.6 is 0 Å². The molecule has 1 aromatic heterocycles. The number of nitrogens with zero attached hydrogens (tertiary/aromatic N) is 4. The maximum absolute atomic E-state index is 12.9. The fourth-order valence-electron chi connectivity index (χ4n) is 4.57. The first-order chi connectivity index (χ1) is 14.8. The van der Waals surface area contributed by atoms with Gasteiger partial charge in [0, 0.05) is 44.0 Å². The van der Waals surface area contributed by atoms with E-state index in [4.69, 9.17) is 0 Å². The van der Waals surface area contributed by atoms with Crippen LogP contribution in [-0.2, 0) is 25.7 Å². The predicted molar refractivity (Wildman–Crippen MR) is 118 cm³/mol. The van der Waals surface area contributed by atoms with Crippen LogP contribution in [-0.4, -0.2) is 52.8 Å². The van der Waals surface area contributed by atoms with Crippen LogP contribution in [0.25, 0.3) is 0 Å². The Labute approximate surface area is 184 Å². The fraction of sp³-hybridized carbons (Fsp3) is 0.625. The molecule has 1 saturated heterocycles. The van der Waals surface area contributed by atoms with Crippen LogP contribution in [0.1, 0.15) is 48.6 Å². The fourth-order valence-corrected chi connectivity index (χ4v) is 4.57. The summed E-state index contributed by atoms with van der Waals surface area (Å²) < 4.78 is 40.9. The molecule has 0 N–H and O–H groups in total. The summed E-state index contributed by atoms with van der Waals surface area (Å²) in [5, 5.41) is 4.50. The van der Waals surface area contributed by atoms with Gasteiger partial charge in [-0.15, -0.1) is 0 Å². The van der Waals surface area contributed by atoms with E-state index in [-0.39, 0.29) is 0 Å². The quantitative estimate of drug-likeness (QED) is 0.553. The molecule has 0 saturated carbocycles. The third-order valence-corrected chi connectivity index (χ3v) is 6.22. The SMILES string of the molecule is CCCn1ncc(CN(C)CC2CCCN(CCc3cccc(C(F)(F)F)c3)C2)c1C. The van der Waals surface area contributed by atoms with Crippen LogP contribution in [0.3, 0.4) is 0 Å². The van der Waals surface area contributed by atoms with Gasteiger partial charge in [0.05, 0.1) is 11.8 Å². The molecule has 0 amide bonds. The second kappa shape index (κ2) is 10.6. The second-order valence-electron chi connectivity index (χ2n) is 8.93. The molecule has 1 aliphatic rings. The standard InChI is InChI=1S/C24H35F3N4/c1-4-11-31-19(2)22(15-28-31)18-29(3)16-21-8-6-12-30(17-21)13-10-20-7-5-9-23(14-20)24(25,26)27/h5,7,9,14-15,21H,4,6,8,10-13,16-18H2,1-3H3. The first-order valence-electron chi connectivity index (χ1n) is 11.3. The first-order valence-corrected chi connectivity index (χ1v) is 11.3. The Bertz CT molecular complexity index is 830. The van der Waals surface area contributed by atoms with Crippen molar-refractivity contribution in [1.82, 2.24) is 19.6 Å². The van der Waals surface area contributed by atoms with E-state index in [1.807, 2.05) is 6.20 Å². The zero-order valence-corrected chi connectivity index (χ0v) is 19.0. The largest absolute Gasteiger partial charge is 0.416 e. The van der Waals surface area contributed by atoms with Gasteiger partial charge in [-0.2, -0.15) is 18.3 Å². The topological polar surface area (TPSA) is 24.3 Å². The van der Waals surface area contributed by atoms with Gasteiger partial charge < -0.3 is 9.80 Å². The van der Waals surface area contributed by atoms with Crippen molar-refractivity contribution in [3.63, 3.8) is 0 Å². The lowest BCUT2D eigenvalue weighted by Gasteiger charge is -2.34. The van der Waals surface area contributed by atoms with E-state index >= 15 is 0 Å². The molecule has 2 aromatic rings. The van der Waals surface area contributed by atoms with E-state index < -0.39 is 11.7 Å². The van der Waals surface area contributed by atoms with Crippen molar-refractivity contribution in [3.05, 3.63) is 52.8 Å². The number of aromatic nitrogens is 2. The molecule has 7 heteroatoms. The van der Waals surface area contributed by atoms with Crippen molar-refractivity contribution in [2.24, 2.45) is 5.92 Å². The van der Waals surface area contributed by atoms with E-state index in [2.05, 4.69) is 40.5 Å². The van der Waals surface area contributed by atoms with Gasteiger partial charge in [0.15, 0.2) is 0 Å². The Balaban J connectivity index is 1.48. The van der Waals surface area contributed by atoms with Crippen LogP contribution in [0, 0.1) is 12.8 Å². The number of rotatable bonds is 9. The molecule has 2 heterocycles. The molecule has 1 unspecified atom stereocenters. The molecule has 172 valence electrons. The number of aryl methyl sites for hydroxylation is 1. The normalized spacial score (nSPS) is 18.1. The molecule has 1 fully saturated rings. The lowest BCUT2D eigenvalue weighted by atomic mass is 9.96. The van der Waals surface area contributed by atoms with E-state index in [1.165, 1.54) is 29.8 Å². The smallest absolute Gasteiger partial charge is 0.303 e. The summed E-state index contributed by atoms with van der Waals surface area (Å²) in [6.07, 6.45) is 1.80. The second-order valence-corrected chi connectivity index (χ2v) is 8.93. The minimum atomic E-state index is -4.28. The van der Waals surface area contributed by atoms with Crippen LogP contribution < -0.4 is 0 Å². The average Bonchev–Trinajstić information content (AvgIpc) is 3.06. The molecule has 1 aliphatic heterocycles. The minimum Gasteiger partial charge on any atom is -0.303 e. The molecule has 1 aromatic carbocycles. The number of likely N-dealkylation sites (tertiary alicyclic amines) is 1. The van der Waals surface area contributed by atoms with Gasteiger partial charge in [-0.1, -0.05) is 25.1 Å². The van der Waals surface area contributed by atoms with Gasteiger partial charge >= 0.3 is 6.18 Å². The molecule has 1 atom stereocenters. The molecular weight excluding hydrogens is 401 g/mol. The maximum Gasteiger partial charge on any atom is 0.416 e. The highest BCUT2D eigenvalue weighted by molar-refractivity contribution is 5.25. The summed E-state index contributed by atoms with van der Waals surface area (Å²) in [4.78, 5) is 4.79. The predicted octanol–water partition coefficient (Wildman–Crippen LogP) is 5.01. The Kier molecular flexibility index (Phi) is 8.17. The number of hydrogen-bond acceptors (Lipinski definition) is 3. The van der Waals surface area contributed by atoms with Crippen LogP contribution in [0.15, 0.2) is 30.5 Å². The Morgan fingerprint density at radius 1 is 1.23 bits per heavy atom. The lowest BCUT2D eigenvalue weighted by molar-refractivity contribution is -0.137. The van der Waals surface area contributed by atoms with E-state index in [0.29, 0.717) is 12.3 Å². The summed E-state index contributed by atoms with van der Waals surface area (Å²) in [5.41, 5.74) is 2.74. The summed E-state index contributed by atoms with van der Waals surface area (Å²) in [7, 11) is 2.16. The highest BCUT2D eigenvalue weighted by Gasteiger charge is 2.30. The molecular formula is C24H35F3N4. The Hall–Kier alpha value is -1.86. The summed E-state index contributed by atoms with van der Waals surface area (Å²) in [6, 6.07) is 5.74. The third kappa shape index (κ3) is 6.81. The third-order valence-electron chi connectivity index (χ3n) is 6.22. The number of halogens is 3. The molecule has 0 bridgehead atoms. The summed E-state index contributed by atoms with van der Waals surface area (Å²) in [5.74, 6) is 0.589. The van der Waals surface area contributed by atoms with Crippen molar-refractivity contribution in [1.29, 1.82) is 0 Å². The van der Waals surface area contributed by atoms with Crippen LogP contribution in [0.4, 0.5) is 13.2 Å². The van der Waals surface area contributed by atoms with Crippen molar-refractivity contribution < 1.29 is 13.2 Å². The number of alkyl halides is 3. The zero-order valence-electron chi connectivity index (χ0n) is 19.0. The molecule has 0 radical (unpaired) electrons. The Morgan fingerprint density at radius 3 is 2.77 bits per heavy atom. The van der Waals surface area contributed by atoms with Gasteiger partial charge in [-0.3, -0.25) is 4.68 Å². The van der Waals surface area contributed by atoms with E-state index in [1.54, 1.807) is 6.07 Å². The highest BCUT2D eigenvalue weighted by atomic mass is 19.4. The molecule has 31 heavy (non-hydrogen) atoms. The monoisotopic (exact) mass is 436 g/mol. The van der Waals surface area contributed by atoms with Gasteiger partial charge in [-0.05, 0) is 63.7 Å². The summed E-state index contributed by atoms with van der Waals surface area (Å²) in [6.45, 7) is 10.0. The first kappa shape index (κ1) is 23.8. The van der Waals surface area contributed by atoms with Crippen molar-refractivity contribution in [2.75, 3.05) is 33.2 Å². The van der Waals surface area contributed by atoms with Crippen molar-refractivity contribution in [3.8, 4) is 0 Å².